The Hall–Kier alpha value is -2.65. The van der Waals surface area contributed by atoms with Gasteiger partial charge in [0.1, 0.15) is 6.04 Å². The van der Waals surface area contributed by atoms with E-state index in [2.05, 4.69) is 11.1 Å². The Bertz CT molecular complexity index is 700. The number of hydrogen-bond acceptors (Lipinski definition) is 5. The summed E-state index contributed by atoms with van der Waals surface area (Å²) in [6, 6.07) is 9.04. The third-order valence-corrected chi connectivity index (χ3v) is 3.84. The van der Waals surface area contributed by atoms with Gasteiger partial charge in [-0.15, -0.1) is 0 Å². The van der Waals surface area contributed by atoms with Crippen molar-refractivity contribution in [2.24, 2.45) is 7.05 Å². The van der Waals surface area contributed by atoms with Crippen molar-refractivity contribution in [3.05, 3.63) is 53.6 Å². The number of likely N-dealkylation sites (N-methyl/N-ethyl adjacent to an activating group) is 1. The van der Waals surface area contributed by atoms with E-state index >= 15 is 0 Å². The number of rotatable bonds is 6. The van der Waals surface area contributed by atoms with Crippen LogP contribution in [0.2, 0.25) is 0 Å². The molecule has 1 aromatic carbocycles. The summed E-state index contributed by atoms with van der Waals surface area (Å²) in [4.78, 5) is 18.2. The van der Waals surface area contributed by atoms with E-state index in [0.717, 1.165) is 11.3 Å². The van der Waals surface area contributed by atoms with Crippen LogP contribution in [0, 0.1) is 11.3 Å². The monoisotopic (exact) mass is 312 g/mol. The molecule has 2 aromatic rings. The van der Waals surface area contributed by atoms with Gasteiger partial charge in [-0.25, -0.2) is 4.98 Å². The molecule has 0 bridgehead atoms. The molecule has 0 N–H and O–H groups in total. The van der Waals surface area contributed by atoms with E-state index in [9.17, 15) is 4.79 Å². The van der Waals surface area contributed by atoms with Gasteiger partial charge in [-0.2, -0.15) is 5.26 Å². The van der Waals surface area contributed by atoms with Gasteiger partial charge >= 0.3 is 5.97 Å². The Kier molecular flexibility index (Phi) is 5.50. The summed E-state index contributed by atoms with van der Waals surface area (Å²) in [5, 5.41) is 8.84. The number of carbonyl (C=O) groups is 1. The zero-order valence-electron chi connectivity index (χ0n) is 13.6. The van der Waals surface area contributed by atoms with Gasteiger partial charge in [0.25, 0.3) is 0 Å². The van der Waals surface area contributed by atoms with E-state index in [1.165, 1.54) is 7.11 Å². The summed E-state index contributed by atoms with van der Waals surface area (Å²) in [6.45, 7) is 0.587. The van der Waals surface area contributed by atoms with Gasteiger partial charge in [0, 0.05) is 31.9 Å². The quantitative estimate of drug-likeness (QED) is 0.756. The van der Waals surface area contributed by atoms with Crippen molar-refractivity contribution < 1.29 is 9.53 Å². The highest BCUT2D eigenvalue weighted by molar-refractivity contribution is 5.76. The smallest absolute Gasteiger partial charge is 0.323 e. The first-order valence-electron chi connectivity index (χ1n) is 7.27. The molecule has 0 radical (unpaired) electrons. The normalized spacial score (nSPS) is 12.0. The lowest BCUT2D eigenvalue weighted by molar-refractivity contribution is -0.146. The zero-order valence-corrected chi connectivity index (χ0v) is 13.6. The van der Waals surface area contributed by atoms with Crippen LogP contribution < -0.4 is 0 Å². The third-order valence-electron chi connectivity index (χ3n) is 3.84. The maximum Gasteiger partial charge on any atom is 0.323 e. The Morgan fingerprint density at radius 2 is 2.13 bits per heavy atom. The summed E-state index contributed by atoms with van der Waals surface area (Å²) >= 11 is 0. The standard InChI is InChI=1S/C17H20N4O2/c1-20(11-14-6-4-13(9-18)5-7-14)16(17(22)23-3)8-15-10-19-12-21(15)2/h4-7,10,12,16H,8,11H2,1-3H3/t16-/m1/s1. The molecule has 0 aliphatic carbocycles. The number of carbonyl (C=O) groups excluding carboxylic acids is 1. The molecule has 6 nitrogen and oxygen atoms in total. The van der Waals surface area contributed by atoms with Gasteiger partial charge in [0.15, 0.2) is 0 Å². The van der Waals surface area contributed by atoms with Gasteiger partial charge in [-0.1, -0.05) is 12.1 Å². The average molecular weight is 312 g/mol. The van der Waals surface area contributed by atoms with Crippen molar-refractivity contribution >= 4 is 5.97 Å². The first-order chi connectivity index (χ1) is 11.0. The van der Waals surface area contributed by atoms with Crippen LogP contribution in [0.4, 0.5) is 0 Å². The molecule has 1 atom stereocenters. The van der Waals surface area contributed by atoms with Crippen LogP contribution >= 0.6 is 0 Å². The molecule has 1 heterocycles. The molecule has 0 aliphatic heterocycles. The number of aromatic nitrogens is 2. The average Bonchev–Trinajstić information content (AvgIpc) is 2.97. The number of esters is 1. The molecular formula is C17H20N4O2. The second kappa shape index (κ2) is 7.56. The second-order valence-electron chi connectivity index (χ2n) is 5.46. The van der Waals surface area contributed by atoms with Gasteiger partial charge in [0.2, 0.25) is 0 Å². The molecule has 6 heteroatoms. The number of nitrogens with zero attached hydrogens (tertiary/aromatic N) is 4. The van der Waals surface area contributed by atoms with Crippen LogP contribution in [0.3, 0.4) is 0 Å². The number of aryl methyl sites for hydroxylation is 1. The first kappa shape index (κ1) is 16.7. The van der Waals surface area contributed by atoms with Crippen molar-refractivity contribution in [1.29, 1.82) is 5.26 Å². The predicted octanol–water partition coefficient (Wildman–Crippen LogP) is 1.51. The summed E-state index contributed by atoms with van der Waals surface area (Å²) < 4.78 is 6.84. The molecule has 0 fully saturated rings. The van der Waals surface area contributed by atoms with Crippen molar-refractivity contribution in [3.63, 3.8) is 0 Å². The molecule has 1 aromatic heterocycles. The van der Waals surface area contributed by atoms with E-state index in [1.54, 1.807) is 24.7 Å². The van der Waals surface area contributed by atoms with E-state index in [1.807, 2.05) is 35.7 Å². The van der Waals surface area contributed by atoms with Gasteiger partial charge in [-0.3, -0.25) is 9.69 Å². The predicted molar refractivity (Wildman–Crippen MR) is 85.3 cm³/mol. The highest BCUT2D eigenvalue weighted by Crippen LogP contribution is 2.13. The molecule has 2 rings (SSSR count). The molecule has 0 unspecified atom stereocenters. The maximum absolute atomic E-state index is 12.1. The number of ether oxygens (including phenoxy) is 1. The summed E-state index contributed by atoms with van der Waals surface area (Å²) in [6.07, 6.45) is 3.99. The topological polar surface area (TPSA) is 71.2 Å². The van der Waals surface area contributed by atoms with Crippen molar-refractivity contribution in [3.8, 4) is 6.07 Å². The Morgan fingerprint density at radius 3 is 2.65 bits per heavy atom. The van der Waals surface area contributed by atoms with E-state index in [0.29, 0.717) is 18.5 Å². The summed E-state index contributed by atoms with van der Waals surface area (Å²) in [5.41, 5.74) is 2.62. The van der Waals surface area contributed by atoms with E-state index < -0.39 is 6.04 Å². The first-order valence-corrected chi connectivity index (χ1v) is 7.27. The minimum Gasteiger partial charge on any atom is -0.468 e. The second-order valence-corrected chi connectivity index (χ2v) is 5.46. The van der Waals surface area contributed by atoms with Crippen LogP contribution in [0.25, 0.3) is 0 Å². The van der Waals surface area contributed by atoms with Gasteiger partial charge < -0.3 is 9.30 Å². The molecule has 0 saturated heterocycles. The van der Waals surface area contributed by atoms with Gasteiger partial charge in [0.05, 0.1) is 25.1 Å². The van der Waals surface area contributed by atoms with Crippen molar-refractivity contribution in [1.82, 2.24) is 14.5 Å². The number of nitriles is 1. The van der Waals surface area contributed by atoms with Crippen LogP contribution in [0.15, 0.2) is 36.8 Å². The molecule has 120 valence electrons. The lowest BCUT2D eigenvalue weighted by atomic mass is 10.1. The summed E-state index contributed by atoms with van der Waals surface area (Å²) in [7, 11) is 5.18. The molecular weight excluding hydrogens is 292 g/mol. The molecule has 0 amide bonds. The number of imidazole rings is 1. The minimum absolute atomic E-state index is 0.276. The van der Waals surface area contributed by atoms with Crippen molar-refractivity contribution in [2.45, 2.75) is 19.0 Å². The Balaban J connectivity index is 2.12. The lowest BCUT2D eigenvalue weighted by Gasteiger charge is -2.26. The summed E-state index contributed by atoms with van der Waals surface area (Å²) in [5.74, 6) is -0.276. The fraction of sp³-hybridized carbons (Fsp3) is 0.353. The highest BCUT2D eigenvalue weighted by Gasteiger charge is 2.25. The van der Waals surface area contributed by atoms with E-state index in [-0.39, 0.29) is 5.97 Å². The fourth-order valence-corrected chi connectivity index (χ4v) is 2.42. The SMILES string of the molecule is COC(=O)[C@@H](Cc1cncn1C)N(C)Cc1ccc(C#N)cc1. The largest absolute Gasteiger partial charge is 0.468 e. The minimum atomic E-state index is -0.397. The van der Waals surface area contributed by atoms with Crippen LogP contribution in [-0.4, -0.2) is 40.6 Å². The number of benzene rings is 1. The zero-order chi connectivity index (χ0) is 16.8. The number of methoxy groups -OCH3 is 1. The van der Waals surface area contributed by atoms with Gasteiger partial charge in [-0.05, 0) is 24.7 Å². The third kappa shape index (κ3) is 4.18. The molecule has 0 saturated carbocycles. The molecule has 0 aliphatic rings. The van der Waals surface area contributed by atoms with Crippen LogP contribution in [0.1, 0.15) is 16.8 Å². The molecule has 23 heavy (non-hydrogen) atoms. The highest BCUT2D eigenvalue weighted by atomic mass is 16.5. The van der Waals surface area contributed by atoms with Crippen LogP contribution in [-0.2, 0) is 29.5 Å². The fourth-order valence-electron chi connectivity index (χ4n) is 2.42. The number of hydrogen-bond donors (Lipinski definition) is 0. The Morgan fingerprint density at radius 1 is 1.43 bits per heavy atom. The van der Waals surface area contributed by atoms with Crippen LogP contribution in [0.5, 0.6) is 0 Å². The maximum atomic E-state index is 12.1. The Labute approximate surface area is 135 Å². The lowest BCUT2D eigenvalue weighted by Crippen LogP contribution is -2.41. The van der Waals surface area contributed by atoms with Crippen molar-refractivity contribution in [2.75, 3.05) is 14.2 Å². The molecule has 0 spiro atoms. The van der Waals surface area contributed by atoms with E-state index in [4.69, 9.17) is 10.00 Å².